The molecular weight excluding hydrogens is 309 g/mol. The molecule has 1 atom stereocenters. The van der Waals surface area contributed by atoms with Gasteiger partial charge in [0.15, 0.2) is 0 Å². The first-order valence-electron chi connectivity index (χ1n) is 5.79. The third-order valence-electron chi connectivity index (χ3n) is 2.31. The van der Waals surface area contributed by atoms with Crippen molar-refractivity contribution in [2.45, 2.75) is 20.0 Å². The minimum atomic E-state index is -0.723. The standard InChI is InChI=1S/C12H13Cl2NO5/c1-3-19-6-7(2)20-12(16)8-4-9(13)11(14)10(5-8)15(17)18/h4-5,7H,3,6H2,1-2H3. The summed E-state index contributed by atoms with van der Waals surface area (Å²) in [6, 6.07) is 2.26. The molecule has 0 amide bonds. The first kappa shape index (κ1) is 16.7. The highest BCUT2D eigenvalue weighted by Gasteiger charge is 2.21. The third-order valence-corrected chi connectivity index (χ3v) is 3.10. The van der Waals surface area contributed by atoms with Crippen molar-refractivity contribution in [3.63, 3.8) is 0 Å². The molecule has 1 rings (SSSR count). The topological polar surface area (TPSA) is 78.7 Å². The Kier molecular flexibility index (Phi) is 6.19. The smallest absolute Gasteiger partial charge is 0.338 e. The highest BCUT2D eigenvalue weighted by atomic mass is 35.5. The summed E-state index contributed by atoms with van der Waals surface area (Å²) in [6.07, 6.45) is -0.476. The number of esters is 1. The molecule has 0 radical (unpaired) electrons. The SMILES string of the molecule is CCOCC(C)OC(=O)c1cc(Cl)c(Cl)c([N+](=O)[O-])c1. The van der Waals surface area contributed by atoms with Crippen molar-refractivity contribution in [1.82, 2.24) is 0 Å². The van der Waals surface area contributed by atoms with E-state index in [1.54, 1.807) is 6.92 Å². The summed E-state index contributed by atoms with van der Waals surface area (Å²) in [5.74, 6) is -0.723. The lowest BCUT2D eigenvalue weighted by Crippen LogP contribution is -2.20. The number of carbonyl (C=O) groups excluding carboxylic acids is 1. The van der Waals surface area contributed by atoms with Crippen LogP contribution in [0.4, 0.5) is 5.69 Å². The predicted octanol–water partition coefficient (Wildman–Crippen LogP) is 3.48. The van der Waals surface area contributed by atoms with Gasteiger partial charge in [0.25, 0.3) is 5.69 Å². The normalized spacial score (nSPS) is 12.0. The van der Waals surface area contributed by atoms with Gasteiger partial charge in [-0.2, -0.15) is 0 Å². The third kappa shape index (κ3) is 4.33. The predicted molar refractivity (Wildman–Crippen MR) is 74.5 cm³/mol. The number of hydrogen-bond acceptors (Lipinski definition) is 5. The number of carbonyl (C=O) groups is 1. The van der Waals surface area contributed by atoms with Gasteiger partial charge in [0.1, 0.15) is 11.1 Å². The largest absolute Gasteiger partial charge is 0.457 e. The molecule has 0 fully saturated rings. The summed E-state index contributed by atoms with van der Waals surface area (Å²) < 4.78 is 10.2. The summed E-state index contributed by atoms with van der Waals surface area (Å²) in [5.41, 5.74) is -0.474. The number of nitro groups is 1. The number of hydrogen-bond donors (Lipinski definition) is 0. The number of nitro benzene ring substituents is 1. The zero-order chi connectivity index (χ0) is 15.3. The van der Waals surface area contributed by atoms with Crippen molar-refractivity contribution in [3.8, 4) is 0 Å². The molecule has 1 unspecified atom stereocenters. The summed E-state index contributed by atoms with van der Waals surface area (Å²) in [4.78, 5) is 21.9. The fourth-order valence-corrected chi connectivity index (χ4v) is 1.79. The monoisotopic (exact) mass is 321 g/mol. The van der Waals surface area contributed by atoms with Crippen LogP contribution in [-0.4, -0.2) is 30.2 Å². The van der Waals surface area contributed by atoms with Crippen LogP contribution >= 0.6 is 23.2 Å². The Morgan fingerprint density at radius 2 is 2.10 bits per heavy atom. The molecule has 8 heteroatoms. The van der Waals surface area contributed by atoms with E-state index in [-0.39, 0.29) is 22.2 Å². The number of ether oxygens (including phenoxy) is 2. The molecule has 110 valence electrons. The van der Waals surface area contributed by atoms with Crippen molar-refractivity contribution < 1.29 is 19.2 Å². The van der Waals surface area contributed by atoms with Crippen LogP contribution in [-0.2, 0) is 9.47 Å². The number of nitrogens with zero attached hydrogens (tertiary/aromatic N) is 1. The van der Waals surface area contributed by atoms with Gasteiger partial charge in [0.2, 0.25) is 0 Å². The lowest BCUT2D eigenvalue weighted by molar-refractivity contribution is -0.384. The van der Waals surface area contributed by atoms with E-state index in [9.17, 15) is 14.9 Å². The maximum Gasteiger partial charge on any atom is 0.338 e. The van der Waals surface area contributed by atoms with E-state index in [0.717, 1.165) is 6.07 Å². The van der Waals surface area contributed by atoms with Gasteiger partial charge in [0.05, 0.1) is 22.1 Å². The molecule has 0 N–H and O–H groups in total. The Hall–Kier alpha value is -1.37. The van der Waals surface area contributed by atoms with Crippen molar-refractivity contribution in [3.05, 3.63) is 37.9 Å². The second-order valence-corrected chi connectivity index (χ2v) is 4.71. The van der Waals surface area contributed by atoms with Gasteiger partial charge in [-0.15, -0.1) is 0 Å². The Morgan fingerprint density at radius 1 is 1.45 bits per heavy atom. The Labute approximate surface area is 125 Å². The molecule has 6 nitrogen and oxygen atoms in total. The molecule has 1 aromatic carbocycles. The quantitative estimate of drug-likeness (QED) is 0.455. The maximum absolute atomic E-state index is 11.9. The van der Waals surface area contributed by atoms with Gasteiger partial charge in [-0.25, -0.2) is 4.79 Å². The zero-order valence-corrected chi connectivity index (χ0v) is 12.4. The summed E-state index contributed by atoms with van der Waals surface area (Å²) in [7, 11) is 0. The highest BCUT2D eigenvalue weighted by molar-refractivity contribution is 6.43. The van der Waals surface area contributed by atoms with Gasteiger partial charge in [0, 0.05) is 12.7 Å². The molecule has 1 aromatic rings. The van der Waals surface area contributed by atoms with Crippen LogP contribution in [0.2, 0.25) is 10.0 Å². The van der Waals surface area contributed by atoms with Gasteiger partial charge < -0.3 is 9.47 Å². The van der Waals surface area contributed by atoms with Crippen LogP contribution in [0, 0.1) is 10.1 Å². The summed E-state index contributed by atoms with van der Waals surface area (Å²) >= 11 is 11.5. The van der Waals surface area contributed by atoms with E-state index in [1.807, 2.05) is 6.92 Å². The molecule has 0 bridgehead atoms. The van der Waals surface area contributed by atoms with Crippen molar-refractivity contribution in [2.75, 3.05) is 13.2 Å². The van der Waals surface area contributed by atoms with Crippen molar-refractivity contribution >= 4 is 34.9 Å². The van der Waals surface area contributed by atoms with Crippen LogP contribution in [0.5, 0.6) is 0 Å². The van der Waals surface area contributed by atoms with E-state index in [2.05, 4.69) is 0 Å². The molecule has 0 aliphatic carbocycles. The van der Waals surface area contributed by atoms with E-state index < -0.39 is 22.7 Å². The Balaban J connectivity index is 2.91. The zero-order valence-electron chi connectivity index (χ0n) is 10.9. The molecule has 0 aliphatic heterocycles. The lowest BCUT2D eigenvalue weighted by atomic mass is 10.2. The summed E-state index contributed by atoms with van der Waals surface area (Å²) in [6.45, 7) is 4.21. The minimum Gasteiger partial charge on any atom is -0.457 e. The minimum absolute atomic E-state index is 0.0329. The highest BCUT2D eigenvalue weighted by Crippen LogP contribution is 2.33. The van der Waals surface area contributed by atoms with E-state index in [0.29, 0.717) is 6.61 Å². The molecule has 20 heavy (non-hydrogen) atoms. The second kappa shape index (κ2) is 7.42. The Morgan fingerprint density at radius 3 is 2.65 bits per heavy atom. The molecular formula is C12H13Cl2NO5. The molecule has 0 saturated carbocycles. The summed E-state index contributed by atoms with van der Waals surface area (Å²) in [5, 5.41) is 10.5. The Bertz CT molecular complexity index is 521. The first-order chi connectivity index (χ1) is 9.36. The fourth-order valence-electron chi connectivity index (χ4n) is 1.39. The van der Waals surface area contributed by atoms with Crippen LogP contribution in [0.3, 0.4) is 0 Å². The molecule has 0 aromatic heterocycles. The average molecular weight is 322 g/mol. The van der Waals surface area contributed by atoms with Crippen molar-refractivity contribution in [1.29, 1.82) is 0 Å². The van der Waals surface area contributed by atoms with Crippen LogP contribution in [0.1, 0.15) is 24.2 Å². The maximum atomic E-state index is 11.9. The molecule has 0 heterocycles. The van der Waals surface area contributed by atoms with Gasteiger partial charge in [-0.1, -0.05) is 23.2 Å². The molecule has 0 aliphatic rings. The first-order valence-corrected chi connectivity index (χ1v) is 6.54. The van der Waals surface area contributed by atoms with Gasteiger partial charge >= 0.3 is 5.97 Å². The van der Waals surface area contributed by atoms with E-state index in [1.165, 1.54) is 6.07 Å². The number of rotatable bonds is 6. The van der Waals surface area contributed by atoms with Gasteiger partial charge in [-0.05, 0) is 19.9 Å². The van der Waals surface area contributed by atoms with E-state index >= 15 is 0 Å². The van der Waals surface area contributed by atoms with Crippen LogP contribution in [0.15, 0.2) is 12.1 Å². The van der Waals surface area contributed by atoms with Crippen LogP contribution < -0.4 is 0 Å². The number of halogens is 2. The average Bonchev–Trinajstić information content (AvgIpc) is 2.38. The lowest BCUT2D eigenvalue weighted by Gasteiger charge is -2.13. The van der Waals surface area contributed by atoms with E-state index in [4.69, 9.17) is 32.7 Å². The van der Waals surface area contributed by atoms with Gasteiger partial charge in [-0.3, -0.25) is 10.1 Å². The molecule has 0 spiro atoms. The van der Waals surface area contributed by atoms with Crippen molar-refractivity contribution in [2.24, 2.45) is 0 Å². The molecule has 0 saturated heterocycles. The van der Waals surface area contributed by atoms with Crippen LogP contribution in [0.25, 0.3) is 0 Å². The second-order valence-electron chi connectivity index (χ2n) is 3.92. The fraction of sp³-hybridized carbons (Fsp3) is 0.417. The number of benzene rings is 1.